The van der Waals surface area contributed by atoms with Crippen molar-refractivity contribution in [3.05, 3.63) is 12.2 Å². The molecule has 0 aliphatic rings. The Bertz CT molecular complexity index is 70.7. The van der Waals surface area contributed by atoms with Gasteiger partial charge in [0.1, 0.15) is 0 Å². The Hall–Kier alpha value is -0.380. The molecule has 0 atom stereocenters. The highest BCUT2D eigenvalue weighted by Crippen LogP contribution is 1.63. The van der Waals surface area contributed by atoms with Crippen molar-refractivity contribution in [2.75, 3.05) is 19.9 Å². The van der Waals surface area contributed by atoms with Gasteiger partial charge in [0.25, 0.3) is 0 Å². The molecule has 0 amide bonds. The van der Waals surface area contributed by atoms with Crippen LogP contribution < -0.4 is 16.4 Å². The summed E-state index contributed by atoms with van der Waals surface area (Å²) in [4.78, 5) is 0. The molecule has 0 fully saturated rings. The van der Waals surface area contributed by atoms with Crippen LogP contribution in [0, 0.1) is 0 Å². The standard InChI is InChI=1S/C6H15N3/c1-2-3-4-8-6-9-5-7/h2-3,8-9H,4-7H2,1H3/b3-2-. The van der Waals surface area contributed by atoms with Crippen molar-refractivity contribution in [1.82, 2.24) is 10.6 Å². The van der Waals surface area contributed by atoms with Gasteiger partial charge in [0.2, 0.25) is 0 Å². The van der Waals surface area contributed by atoms with Crippen LogP contribution in [-0.2, 0) is 0 Å². The molecule has 0 aromatic rings. The van der Waals surface area contributed by atoms with Crippen molar-refractivity contribution in [2.45, 2.75) is 6.92 Å². The number of hydrogen-bond acceptors (Lipinski definition) is 3. The number of nitrogens with two attached hydrogens (primary N) is 1. The van der Waals surface area contributed by atoms with Crippen LogP contribution in [0.15, 0.2) is 12.2 Å². The van der Waals surface area contributed by atoms with Crippen LogP contribution in [-0.4, -0.2) is 19.9 Å². The molecule has 0 bridgehead atoms. The lowest BCUT2D eigenvalue weighted by atomic mass is 10.5. The molecule has 0 aliphatic carbocycles. The maximum Gasteiger partial charge on any atom is 0.0466 e. The minimum Gasteiger partial charge on any atom is -0.318 e. The molecule has 3 heteroatoms. The summed E-state index contributed by atoms with van der Waals surface area (Å²) in [5.41, 5.74) is 5.17. The van der Waals surface area contributed by atoms with E-state index in [4.69, 9.17) is 5.73 Å². The molecule has 0 heterocycles. The summed E-state index contributed by atoms with van der Waals surface area (Å²) in [6.07, 6.45) is 4.06. The Kier molecular flexibility index (Phi) is 7.30. The molecule has 0 spiro atoms. The van der Waals surface area contributed by atoms with E-state index in [0.717, 1.165) is 13.2 Å². The first-order chi connectivity index (χ1) is 4.41. The second-order valence-corrected chi connectivity index (χ2v) is 1.65. The van der Waals surface area contributed by atoms with Gasteiger partial charge in [-0.3, -0.25) is 5.32 Å². The second kappa shape index (κ2) is 7.62. The molecule has 0 aliphatic heterocycles. The van der Waals surface area contributed by atoms with E-state index >= 15 is 0 Å². The van der Waals surface area contributed by atoms with Gasteiger partial charge in [-0.05, 0) is 6.92 Å². The molecule has 0 aromatic carbocycles. The van der Waals surface area contributed by atoms with Crippen LogP contribution in [0.4, 0.5) is 0 Å². The van der Waals surface area contributed by atoms with Gasteiger partial charge in [-0.15, -0.1) is 0 Å². The van der Waals surface area contributed by atoms with E-state index in [1.54, 1.807) is 0 Å². The summed E-state index contributed by atoms with van der Waals surface area (Å²) in [5, 5.41) is 6.05. The zero-order valence-corrected chi connectivity index (χ0v) is 5.85. The van der Waals surface area contributed by atoms with E-state index in [1.165, 1.54) is 0 Å². The van der Waals surface area contributed by atoms with Gasteiger partial charge in [0, 0.05) is 19.9 Å². The first-order valence-corrected chi connectivity index (χ1v) is 3.14. The topological polar surface area (TPSA) is 50.1 Å². The molecule has 3 nitrogen and oxygen atoms in total. The quantitative estimate of drug-likeness (QED) is 0.269. The molecule has 0 radical (unpaired) electrons. The molecule has 0 saturated carbocycles. The Morgan fingerprint density at radius 3 is 2.78 bits per heavy atom. The fourth-order valence-corrected chi connectivity index (χ4v) is 0.434. The number of rotatable bonds is 5. The summed E-state index contributed by atoms with van der Waals surface area (Å²) < 4.78 is 0. The lowest BCUT2D eigenvalue weighted by molar-refractivity contribution is 0.621. The molecule has 9 heavy (non-hydrogen) atoms. The smallest absolute Gasteiger partial charge is 0.0466 e. The van der Waals surface area contributed by atoms with Crippen LogP contribution in [0.2, 0.25) is 0 Å². The van der Waals surface area contributed by atoms with Crippen molar-refractivity contribution in [3.63, 3.8) is 0 Å². The average molecular weight is 129 g/mol. The molecule has 0 unspecified atom stereocenters. The van der Waals surface area contributed by atoms with Crippen LogP contribution in [0.25, 0.3) is 0 Å². The van der Waals surface area contributed by atoms with Crippen LogP contribution in [0.3, 0.4) is 0 Å². The molecule has 54 valence electrons. The summed E-state index contributed by atoms with van der Waals surface area (Å²) in [5.74, 6) is 0. The maximum atomic E-state index is 5.17. The first kappa shape index (κ1) is 8.62. The zero-order valence-electron chi connectivity index (χ0n) is 5.85. The Balaban J connectivity index is 2.75. The van der Waals surface area contributed by atoms with Crippen molar-refractivity contribution in [1.29, 1.82) is 0 Å². The first-order valence-electron chi connectivity index (χ1n) is 3.14. The van der Waals surface area contributed by atoms with Gasteiger partial charge in [-0.25, -0.2) is 0 Å². The van der Waals surface area contributed by atoms with Gasteiger partial charge in [-0.2, -0.15) is 0 Å². The number of hydrogen-bond donors (Lipinski definition) is 3. The fourth-order valence-electron chi connectivity index (χ4n) is 0.434. The predicted octanol–water partition coefficient (Wildman–Crippen LogP) is -0.385. The normalized spacial score (nSPS) is 10.9. The summed E-state index contributed by atoms with van der Waals surface area (Å²) in [7, 11) is 0. The summed E-state index contributed by atoms with van der Waals surface area (Å²) >= 11 is 0. The van der Waals surface area contributed by atoms with E-state index < -0.39 is 0 Å². The molecule has 0 rings (SSSR count). The highest BCUT2D eigenvalue weighted by Gasteiger charge is 1.76. The Morgan fingerprint density at radius 2 is 2.22 bits per heavy atom. The predicted molar refractivity (Wildman–Crippen MR) is 39.9 cm³/mol. The Morgan fingerprint density at radius 1 is 1.44 bits per heavy atom. The second-order valence-electron chi connectivity index (χ2n) is 1.65. The molecule has 0 aromatic heterocycles. The SMILES string of the molecule is C/C=C\CNCNCN. The van der Waals surface area contributed by atoms with Crippen molar-refractivity contribution in [3.8, 4) is 0 Å². The maximum absolute atomic E-state index is 5.17. The summed E-state index contributed by atoms with van der Waals surface area (Å²) in [6, 6.07) is 0. The van der Waals surface area contributed by atoms with Gasteiger partial charge in [-0.1, -0.05) is 12.2 Å². The van der Waals surface area contributed by atoms with Crippen molar-refractivity contribution < 1.29 is 0 Å². The van der Waals surface area contributed by atoms with E-state index in [0.29, 0.717) is 6.67 Å². The highest BCUT2D eigenvalue weighted by molar-refractivity contribution is 4.78. The fraction of sp³-hybridized carbons (Fsp3) is 0.667. The molecule has 0 saturated heterocycles. The van der Waals surface area contributed by atoms with E-state index in [1.807, 2.05) is 13.0 Å². The van der Waals surface area contributed by atoms with Gasteiger partial charge in [0.15, 0.2) is 0 Å². The molecule has 4 N–H and O–H groups in total. The van der Waals surface area contributed by atoms with Gasteiger partial charge in [0.05, 0.1) is 0 Å². The minimum absolute atomic E-state index is 0.531. The Labute approximate surface area is 56.3 Å². The monoisotopic (exact) mass is 129 g/mol. The molecular formula is C6H15N3. The third-order valence-electron chi connectivity index (χ3n) is 0.892. The molecular weight excluding hydrogens is 114 g/mol. The van der Waals surface area contributed by atoms with E-state index in [2.05, 4.69) is 16.7 Å². The highest BCUT2D eigenvalue weighted by atomic mass is 15.1. The van der Waals surface area contributed by atoms with Crippen molar-refractivity contribution in [2.24, 2.45) is 5.73 Å². The number of nitrogens with one attached hydrogen (secondary N) is 2. The largest absolute Gasteiger partial charge is 0.318 e. The third-order valence-corrected chi connectivity index (χ3v) is 0.892. The van der Waals surface area contributed by atoms with Gasteiger partial charge >= 0.3 is 0 Å². The van der Waals surface area contributed by atoms with E-state index in [9.17, 15) is 0 Å². The van der Waals surface area contributed by atoms with E-state index in [-0.39, 0.29) is 0 Å². The third kappa shape index (κ3) is 7.62. The minimum atomic E-state index is 0.531. The lowest BCUT2D eigenvalue weighted by Crippen LogP contribution is -2.32. The van der Waals surface area contributed by atoms with Crippen LogP contribution in [0.5, 0.6) is 0 Å². The summed E-state index contributed by atoms with van der Waals surface area (Å²) in [6.45, 7) is 4.21. The van der Waals surface area contributed by atoms with Crippen molar-refractivity contribution >= 4 is 0 Å². The number of allylic oxidation sites excluding steroid dienone is 1. The average Bonchev–Trinajstić information content (AvgIpc) is 1.89. The van der Waals surface area contributed by atoms with Crippen LogP contribution in [0.1, 0.15) is 6.92 Å². The zero-order chi connectivity index (χ0) is 6.95. The van der Waals surface area contributed by atoms with Gasteiger partial charge < -0.3 is 11.1 Å². The lowest BCUT2D eigenvalue weighted by Gasteiger charge is -1.99. The van der Waals surface area contributed by atoms with Crippen LogP contribution >= 0.6 is 0 Å².